The number of anilines is 1. The first-order valence-corrected chi connectivity index (χ1v) is 6.57. The van der Waals surface area contributed by atoms with Gasteiger partial charge in [-0.15, -0.1) is 0 Å². The Hall–Kier alpha value is -1.29. The monoisotopic (exact) mass is 269 g/mol. The molecule has 0 aliphatic heterocycles. The number of rotatable bonds is 5. The third-order valence-corrected chi connectivity index (χ3v) is 3.24. The molecule has 0 spiro atoms. The molecule has 18 heavy (non-hydrogen) atoms. The van der Waals surface area contributed by atoms with Gasteiger partial charge in [0.1, 0.15) is 5.15 Å². The summed E-state index contributed by atoms with van der Waals surface area (Å²) in [5.41, 5.74) is 6.58. The Morgan fingerprint density at radius 3 is 2.78 bits per heavy atom. The van der Waals surface area contributed by atoms with Crippen LogP contribution >= 0.6 is 11.6 Å². The molecular weight excluding hydrogens is 250 g/mol. The number of hydrogen-bond donors (Lipinski definition) is 1. The number of halogens is 1. The van der Waals surface area contributed by atoms with Gasteiger partial charge in [0.15, 0.2) is 0 Å². The van der Waals surface area contributed by atoms with E-state index < -0.39 is 0 Å². The van der Waals surface area contributed by atoms with E-state index in [1.165, 1.54) is 12.3 Å². The quantitative estimate of drug-likeness (QED) is 0.836. The average molecular weight is 270 g/mol. The zero-order chi connectivity index (χ0) is 13.7. The molecule has 0 aliphatic carbocycles. The van der Waals surface area contributed by atoms with Gasteiger partial charge in [0, 0.05) is 13.1 Å². The molecule has 0 aromatic carbocycles. The predicted molar refractivity (Wildman–Crippen MR) is 74.7 cm³/mol. The fourth-order valence-electron chi connectivity index (χ4n) is 1.66. The lowest BCUT2D eigenvalue weighted by Gasteiger charge is -2.24. The summed E-state index contributed by atoms with van der Waals surface area (Å²) in [4.78, 5) is 18.0. The molecule has 1 rings (SSSR count). The van der Waals surface area contributed by atoms with Gasteiger partial charge in [0.05, 0.1) is 17.4 Å². The van der Waals surface area contributed by atoms with Crippen LogP contribution in [-0.4, -0.2) is 28.9 Å². The Kier molecular flexibility index (Phi) is 5.41. The first-order chi connectivity index (χ1) is 8.49. The van der Waals surface area contributed by atoms with Crippen LogP contribution in [0.3, 0.4) is 0 Å². The number of aromatic nitrogens is 1. The van der Waals surface area contributed by atoms with E-state index in [0.29, 0.717) is 23.7 Å². The summed E-state index contributed by atoms with van der Waals surface area (Å²) in [5, 5.41) is 0.284. The van der Waals surface area contributed by atoms with E-state index in [-0.39, 0.29) is 11.1 Å². The van der Waals surface area contributed by atoms with Crippen LogP contribution in [0.15, 0.2) is 12.3 Å². The minimum absolute atomic E-state index is 0.0837. The molecule has 1 atom stereocenters. The van der Waals surface area contributed by atoms with Gasteiger partial charge in [0.25, 0.3) is 5.91 Å². The smallest absolute Gasteiger partial charge is 0.256 e. The van der Waals surface area contributed by atoms with Crippen LogP contribution in [0.4, 0.5) is 5.69 Å². The molecule has 0 aliphatic rings. The molecule has 0 fully saturated rings. The highest BCUT2D eigenvalue weighted by molar-refractivity contribution is 6.29. The van der Waals surface area contributed by atoms with E-state index >= 15 is 0 Å². The van der Waals surface area contributed by atoms with Crippen molar-refractivity contribution in [2.75, 3.05) is 18.8 Å². The van der Waals surface area contributed by atoms with Gasteiger partial charge >= 0.3 is 0 Å². The third kappa shape index (κ3) is 3.60. The van der Waals surface area contributed by atoms with E-state index in [1.54, 1.807) is 4.90 Å². The Bertz CT molecular complexity index is 423. The van der Waals surface area contributed by atoms with Crippen molar-refractivity contribution in [3.05, 3.63) is 23.0 Å². The number of carbonyl (C=O) groups is 1. The number of pyridine rings is 1. The third-order valence-electron chi connectivity index (χ3n) is 3.03. The van der Waals surface area contributed by atoms with Crippen molar-refractivity contribution in [1.82, 2.24) is 9.88 Å². The summed E-state index contributed by atoms with van der Waals surface area (Å²) in [7, 11) is 0. The van der Waals surface area contributed by atoms with Gasteiger partial charge in [-0.1, -0.05) is 31.9 Å². The van der Waals surface area contributed by atoms with Crippen LogP contribution in [0.1, 0.15) is 37.6 Å². The number of nitrogens with two attached hydrogens (primary N) is 1. The lowest BCUT2D eigenvalue weighted by atomic mass is 10.1. The SMILES string of the molecule is CCC(C)CN(CC)C(=O)c1cc(Cl)ncc1N. The maximum Gasteiger partial charge on any atom is 0.256 e. The van der Waals surface area contributed by atoms with Crippen molar-refractivity contribution in [3.8, 4) is 0 Å². The van der Waals surface area contributed by atoms with Crippen LogP contribution in [0, 0.1) is 5.92 Å². The molecule has 4 nitrogen and oxygen atoms in total. The molecule has 5 heteroatoms. The number of amides is 1. The molecule has 1 aromatic rings. The highest BCUT2D eigenvalue weighted by atomic mass is 35.5. The highest BCUT2D eigenvalue weighted by Crippen LogP contribution is 2.18. The maximum atomic E-state index is 12.4. The first kappa shape index (κ1) is 14.8. The number of nitrogens with zero attached hydrogens (tertiary/aromatic N) is 2. The molecule has 0 bridgehead atoms. The second-order valence-electron chi connectivity index (χ2n) is 4.45. The van der Waals surface area contributed by atoms with Gasteiger partial charge in [-0.3, -0.25) is 4.79 Å². The average Bonchev–Trinajstić information content (AvgIpc) is 2.37. The lowest BCUT2D eigenvalue weighted by Crippen LogP contribution is -2.35. The van der Waals surface area contributed by atoms with Crippen molar-refractivity contribution < 1.29 is 4.79 Å². The second-order valence-corrected chi connectivity index (χ2v) is 4.84. The Balaban J connectivity index is 2.92. The van der Waals surface area contributed by atoms with E-state index in [4.69, 9.17) is 17.3 Å². The largest absolute Gasteiger partial charge is 0.397 e. The van der Waals surface area contributed by atoms with Crippen LogP contribution in [-0.2, 0) is 0 Å². The summed E-state index contributed by atoms with van der Waals surface area (Å²) in [6.07, 6.45) is 2.46. The highest BCUT2D eigenvalue weighted by Gasteiger charge is 2.19. The molecule has 1 amide bonds. The molecule has 1 aromatic heterocycles. The van der Waals surface area contributed by atoms with Gasteiger partial charge in [-0.05, 0) is 18.9 Å². The summed E-state index contributed by atoms with van der Waals surface area (Å²) in [6, 6.07) is 1.53. The maximum absolute atomic E-state index is 12.4. The van der Waals surface area contributed by atoms with E-state index in [1.807, 2.05) is 6.92 Å². The van der Waals surface area contributed by atoms with Gasteiger partial charge in [-0.25, -0.2) is 4.98 Å². The molecular formula is C13H20ClN3O. The summed E-state index contributed by atoms with van der Waals surface area (Å²) in [5.74, 6) is 0.382. The van der Waals surface area contributed by atoms with E-state index in [2.05, 4.69) is 18.8 Å². The lowest BCUT2D eigenvalue weighted by molar-refractivity contribution is 0.0742. The standard InChI is InChI=1S/C13H20ClN3O/c1-4-9(3)8-17(5-2)13(18)10-6-12(14)16-7-11(10)15/h6-7,9H,4-5,8,15H2,1-3H3. The topological polar surface area (TPSA) is 59.2 Å². The fourth-order valence-corrected chi connectivity index (χ4v) is 1.81. The molecule has 1 heterocycles. The van der Waals surface area contributed by atoms with Crippen LogP contribution in [0.5, 0.6) is 0 Å². The van der Waals surface area contributed by atoms with E-state index in [0.717, 1.165) is 13.0 Å². The molecule has 0 saturated carbocycles. The Morgan fingerprint density at radius 1 is 1.56 bits per heavy atom. The van der Waals surface area contributed by atoms with Gasteiger partial charge < -0.3 is 10.6 Å². The summed E-state index contributed by atoms with van der Waals surface area (Å²) >= 11 is 5.80. The second kappa shape index (κ2) is 6.59. The van der Waals surface area contributed by atoms with Crippen LogP contribution < -0.4 is 5.73 Å². The number of carbonyl (C=O) groups excluding carboxylic acids is 1. The van der Waals surface area contributed by atoms with Crippen molar-refractivity contribution in [3.63, 3.8) is 0 Å². The molecule has 2 N–H and O–H groups in total. The van der Waals surface area contributed by atoms with Gasteiger partial charge in [0.2, 0.25) is 0 Å². The van der Waals surface area contributed by atoms with Crippen LogP contribution in [0.25, 0.3) is 0 Å². The normalized spacial score (nSPS) is 12.2. The zero-order valence-corrected chi connectivity index (χ0v) is 11.9. The number of hydrogen-bond acceptors (Lipinski definition) is 3. The molecule has 1 unspecified atom stereocenters. The van der Waals surface area contributed by atoms with E-state index in [9.17, 15) is 4.79 Å². The van der Waals surface area contributed by atoms with Crippen molar-refractivity contribution >= 4 is 23.2 Å². The Morgan fingerprint density at radius 2 is 2.22 bits per heavy atom. The Labute approximate surface area is 113 Å². The minimum Gasteiger partial charge on any atom is -0.397 e. The van der Waals surface area contributed by atoms with Crippen LogP contribution in [0.2, 0.25) is 5.15 Å². The zero-order valence-electron chi connectivity index (χ0n) is 11.1. The summed E-state index contributed by atoms with van der Waals surface area (Å²) < 4.78 is 0. The summed E-state index contributed by atoms with van der Waals surface area (Å²) in [6.45, 7) is 7.58. The van der Waals surface area contributed by atoms with Crippen molar-refractivity contribution in [1.29, 1.82) is 0 Å². The van der Waals surface area contributed by atoms with Crippen molar-refractivity contribution in [2.45, 2.75) is 27.2 Å². The minimum atomic E-state index is -0.0837. The number of nitrogen functional groups attached to an aromatic ring is 1. The van der Waals surface area contributed by atoms with Gasteiger partial charge in [-0.2, -0.15) is 0 Å². The fraction of sp³-hybridized carbons (Fsp3) is 0.538. The molecule has 0 saturated heterocycles. The van der Waals surface area contributed by atoms with Crippen molar-refractivity contribution in [2.24, 2.45) is 5.92 Å². The molecule has 0 radical (unpaired) electrons. The molecule has 100 valence electrons. The predicted octanol–water partition coefficient (Wildman–Crippen LogP) is 2.83. The first-order valence-electron chi connectivity index (χ1n) is 6.19.